The van der Waals surface area contributed by atoms with Crippen LogP contribution in [0.15, 0.2) is 5.38 Å². The molecule has 0 atom stereocenters. The predicted molar refractivity (Wildman–Crippen MR) is 60.6 cm³/mol. The van der Waals surface area contributed by atoms with Crippen LogP contribution in [0.2, 0.25) is 0 Å². The van der Waals surface area contributed by atoms with Crippen LogP contribution in [0, 0.1) is 5.92 Å². The van der Waals surface area contributed by atoms with Gasteiger partial charge in [-0.25, -0.2) is 4.98 Å². The lowest BCUT2D eigenvalue weighted by Gasteiger charge is -2.29. The van der Waals surface area contributed by atoms with Gasteiger partial charge in [0.2, 0.25) is 0 Å². The Morgan fingerprint density at radius 1 is 1.64 bits per heavy atom. The van der Waals surface area contributed by atoms with Gasteiger partial charge in [0.1, 0.15) is 0 Å². The topological polar surface area (TPSA) is 42.2 Å². The average molecular weight is 211 g/mol. The standard InChI is InChI=1S/C10H17N3S/c1-13(6-8-3-2-4-8)10-12-9(5-11)7-14-10/h7-8H,2-6,11H2,1H3. The highest BCUT2D eigenvalue weighted by atomic mass is 32.1. The summed E-state index contributed by atoms with van der Waals surface area (Å²) in [6.07, 6.45) is 4.18. The number of rotatable bonds is 4. The maximum atomic E-state index is 5.53. The minimum absolute atomic E-state index is 0.549. The Bertz CT molecular complexity index is 293. The van der Waals surface area contributed by atoms with Gasteiger partial charge in [0.25, 0.3) is 0 Å². The van der Waals surface area contributed by atoms with Gasteiger partial charge in [-0.05, 0) is 18.8 Å². The first-order chi connectivity index (χ1) is 6.79. The van der Waals surface area contributed by atoms with Crippen LogP contribution in [0.3, 0.4) is 0 Å². The highest BCUT2D eigenvalue weighted by Crippen LogP contribution is 2.29. The number of hydrogen-bond acceptors (Lipinski definition) is 4. The highest BCUT2D eigenvalue weighted by Gasteiger charge is 2.20. The second kappa shape index (κ2) is 4.28. The van der Waals surface area contributed by atoms with E-state index in [2.05, 4.69) is 16.9 Å². The van der Waals surface area contributed by atoms with Crippen LogP contribution in [0.4, 0.5) is 5.13 Å². The molecular formula is C10H17N3S. The molecule has 2 N–H and O–H groups in total. The van der Waals surface area contributed by atoms with Gasteiger partial charge in [-0.2, -0.15) is 0 Å². The molecule has 2 rings (SSSR count). The Morgan fingerprint density at radius 2 is 2.43 bits per heavy atom. The van der Waals surface area contributed by atoms with E-state index in [4.69, 9.17) is 5.73 Å². The van der Waals surface area contributed by atoms with E-state index < -0.39 is 0 Å². The van der Waals surface area contributed by atoms with Gasteiger partial charge in [0.05, 0.1) is 5.69 Å². The summed E-state index contributed by atoms with van der Waals surface area (Å²) in [5, 5.41) is 3.16. The van der Waals surface area contributed by atoms with E-state index in [1.807, 2.05) is 5.38 Å². The van der Waals surface area contributed by atoms with Crippen LogP contribution in [-0.2, 0) is 6.54 Å². The van der Waals surface area contributed by atoms with E-state index >= 15 is 0 Å². The molecule has 3 nitrogen and oxygen atoms in total. The molecule has 78 valence electrons. The average Bonchev–Trinajstić information content (AvgIpc) is 2.59. The van der Waals surface area contributed by atoms with Crippen LogP contribution in [0.25, 0.3) is 0 Å². The smallest absolute Gasteiger partial charge is 0.185 e. The molecule has 0 aromatic carbocycles. The molecule has 0 unspecified atom stereocenters. The van der Waals surface area contributed by atoms with Crippen molar-refractivity contribution in [2.75, 3.05) is 18.5 Å². The van der Waals surface area contributed by atoms with Gasteiger partial charge in [0, 0.05) is 25.5 Å². The second-order valence-electron chi connectivity index (χ2n) is 4.00. The molecule has 0 amide bonds. The fourth-order valence-electron chi connectivity index (χ4n) is 1.71. The summed E-state index contributed by atoms with van der Waals surface area (Å²) in [6.45, 7) is 1.70. The predicted octanol–water partition coefficient (Wildman–Crippen LogP) is 1.84. The van der Waals surface area contributed by atoms with E-state index in [-0.39, 0.29) is 0 Å². The first-order valence-electron chi connectivity index (χ1n) is 5.15. The summed E-state index contributed by atoms with van der Waals surface area (Å²) in [6, 6.07) is 0. The molecule has 1 aliphatic rings. The van der Waals surface area contributed by atoms with Crippen molar-refractivity contribution in [3.8, 4) is 0 Å². The zero-order valence-corrected chi connectivity index (χ0v) is 9.39. The van der Waals surface area contributed by atoms with Crippen molar-refractivity contribution in [1.82, 2.24) is 4.98 Å². The maximum absolute atomic E-state index is 5.53. The lowest BCUT2D eigenvalue weighted by Crippen LogP contribution is -2.29. The van der Waals surface area contributed by atoms with Gasteiger partial charge in [0.15, 0.2) is 5.13 Å². The summed E-state index contributed by atoms with van der Waals surface area (Å²) in [4.78, 5) is 6.72. The molecule has 0 spiro atoms. The molecule has 1 heterocycles. The van der Waals surface area contributed by atoms with Crippen LogP contribution >= 0.6 is 11.3 Å². The number of hydrogen-bond donors (Lipinski definition) is 1. The quantitative estimate of drug-likeness (QED) is 0.826. The van der Waals surface area contributed by atoms with E-state index in [1.165, 1.54) is 19.3 Å². The van der Waals surface area contributed by atoms with Crippen LogP contribution in [0.1, 0.15) is 25.0 Å². The summed E-state index contributed by atoms with van der Waals surface area (Å²) < 4.78 is 0. The number of thiazole rings is 1. The lowest BCUT2D eigenvalue weighted by molar-refractivity contribution is 0.321. The molecule has 1 aromatic heterocycles. The summed E-state index contributed by atoms with van der Waals surface area (Å²) >= 11 is 1.69. The largest absolute Gasteiger partial charge is 0.351 e. The molecule has 14 heavy (non-hydrogen) atoms. The van der Waals surface area contributed by atoms with Crippen LogP contribution < -0.4 is 10.6 Å². The second-order valence-corrected chi connectivity index (χ2v) is 4.84. The Hall–Kier alpha value is -0.610. The fourth-order valence-corrected chi connectivity index (χ4v) is 2.52. The van der Waals surface area contributed by atoms with E-state index in [1.54, 1.807) is 11.3 Å². The third-order valence-corrected chi connectivity index (χ3v) is 3.84. The van der Waals surface area contributed by atoms with Crippen molar-refractivity contribution in [3.63, 3.8) is 0 Å². The molecule has 0 saturated heterocycles. The Labute approximate surface area is 88.9 Å². The molecule has 1 aromatic rings. The zero-order valence-electron chi connectivity index (χ0n) is 8.57. The number of nitrogens with zero attached hydrogens (tertiary/aromatic N) is 2. The summed E-state index contributed by atoms with van der Waals surface area (Å²) in [5.74, 6) is 0.894. The van der Waals surface area contributed by atoms with Crippen molar-refractivity contribution in [2.24, 2.45) is 11.7 Å². The zero-order chi connectivity index (χ0) is 9.97. The van der Waals surface area contributed by atoms with E-state index in [0.29, 0.717) is 6.54 Å². The lowest BCUT2D eigenvalue weighted by atomic mass is 9.85. The molecule has 0 radical (unpaired) electrons. The van der Waals surface area contributed by atoms with Crippen molar-refractivity contribution in [2.45, 2.75) is 25.8 Å². The van der Waals surface area contributed by atoms with Gasteiger partial charge in [-0.1, -0.05) is 6.42 Å². The minimum atomic E-state index is 0.549. The van der Waals surface area contributed by atoms with Gasteiger partial charge >= 0.3 is 0 Å². The van der Waals surface area contributed by atoms with Crippen LogP contribution in [0.5, 0.6) is 0 Å². The summed E-state index contributed by atoms with van der Waals surface area (Å²) in [5.41, 5.74) is 6.53. The SMILES string of the molecule is CN(CC1CCC1)c1nc(CN)cs1. The fraction of sp³-hybridized carbons (Fsp3) is 0.700. The van der Waals surface area contributed by atoms with Crippen molar-refractivity contribution >= 4 is 16.5 Å². The highest BCUT2D eigenvalue weighted by molar-refractivity contribution is 7.13. The maximum Gasteiger partial charge on any atom is 0.185 e. The third kappa shape index (κ3) is 2.07. The van der Waals surface area contributed by atoms with Crippen molar-refractivity contribution in [1.29, 1.82) is 0 Å². The molecule has 4 heteroatoms. The monoisotopic (exact) mass is 211 g/mol. The molecule has 0 bridgehead atoms. The summed E-state index contributed by atoms with van der Waals surface area (Å²) in [7, 11) is 2.12. The molecule has 1 saturated carbocycles. The Morgan fingerprint density at radius 3 is 2.93 bits per heavy atom. The van der Waals surface area contributed by atoms with Crippen molar-refractivity contribution in [3.05, 3.63) is 11.1 Å². The molecular weight excluding hydrogens is 194 g/mol. The normalized spacial score (nSPS) is 16.7. The van der Waals surface area contributed by atoms with Gasteiger partial charge in [-0.15, -0.1) is 11.3 Å². The first kappa shape index (κ1) is 9.93. The van der Waals surface area contributed by atoms with E-state index in [0.717, 1.165) is 23.3 Å². The number of nitrogens with two attached hydrogens (primary N) is 1. The molecule has 1 aliphatic carbocycles. The first-order valence-corrected chi connectivity index (χ1v) is 6.03. The van der Waals surface area contributed by atoms with Crippen LogP contribution in [-0.4, -0.2) is 18.6 Å². The van der Waals surface area contributed by atoms with Gasteiger partial charge in [-0.3, -0.25) is 0 Å². The Balaban J connectivity index is 1.92. The van der Waals surface area contributed by atoms with Gasteiger partial charge < -0.3 is 10.6 Å². The van der Waals surface area contributed by atoms with Crippen molar-refractivity contribution < 1.29 is 0 Å². The van der Waals surface area contributed by atoms with E-state index in [9.17, 15) is 0 Å². The Kier molecular flexibility index (Phi) is 3.03. The minimum Gasteiger partial charge on any atom is -0.351 e. The third-order valence-electron chi connectivity index (χ3n) is 2.83. The number of aromatic nitrogens is 1. The molecule has 0 aliphatic heterocycles. The number of anilines is 1. The molecule has 1 fully saturated rings.